The Kier molecular flexibility index (Phi) is 6.76. The molecule has 0 spiro atoms. The zero-order valence-corrected chi connectivity index (χ0v) is 16.7. The first-order valence-corrected chi connectivity index (χ1v) is 9.52. The molecule has 1 aliphatic heterocycles. The van der Waals surface area contributed by atoms with Crippen molar-refractivity contribution in [1.82, 2.24) is 10.2 Å². The van der Waals surface area contributed by atoms with Gasteiger partial charge in [-0.05, 0) is 55.9 Å². The van der Waals surface area contributed by atoms with Gasteiger partial charge in [-0.15, -0.1) is 0 Å². The Morgan fingerprint density at radius 3 is 2.68 bits per heavy atom. The molecule has 6 heteroatoms. The van der Waals surface area contributed by atoms with E-state index < -0.39 is 0 Å². The lowest BCUT2D eigenvalue weighted by Crippen LogP contribution is -2.34. The van der Waals surface area contributed by atoms with Crippen molar-refractivity contribution in [3.63, 3.8) is 0 Å². The minimum absolute atomic E-state index is 0.0321. The first kappa shape index (κ1) is 20.0. The summed E-state index contributed by atoms with van der Waals surface area (Å²) in [4.78, 5) is 14.5. The molecule has 28 heavy (non-hydrogen) atoms. The number of benzene rings is 2. The number of aryl methyl sites for hydroxylation is 1. The number of carbonyl (C=O) groups excluding carboxylic acids is 1. The van der Waals surface area contributed by atoms with E-state index in [9.17, 15) is 4.79 Å². The van der Waals surface area contributed by atoms with E-state index in [1.807, 2.05) is 50.5 Å². The molecular formula is C22H28N2O4. The zero-order chi connectivity index (χ0) is 19.9. The number of likely N-dealkylation sites (N-methyl/N-ethyl adjacent to an activating group) is 1. The minimum atomic E-state index is 0.0321. The van der Waals surface area contributed by atoms with E-state index in [2.05, 4.69) is 16.3 Å². The Bertz CT molecular complexity index is 807. The molecule has 0 bridgehead atoms. The van der Waals surface area contributed by atoms with Gasteiger partial charge < -0.3 is 24.4 Å². The molecule has 0 aliphatic carbocycles. The zero-order valence-electron chi connectivity index (χ0n) is 16.7. The van der Waals surface area contributed by atoms with Crippen LogP contribution in [0.1, 0.15) is 23.6 Å². The second-order valence-electron chi connectivity index (χ2n) is 7.04. The first-order valence-electron chi connectivity index (χ1n) is 9.52. The molecule has 0 radical (unpaired) electrons. The summed E-state index contributed by atoms with van der Waals surface area (Å²) in [5.41, 5.74) is 2.17. The van der Waals surface area contributed by atoms with Gasteiger partial charge >= 0.3 is 0 Å². The molecule has 6 nitrogen and oxygen atoms in total. The summed E-state index contributed by atoms with van der Waals surface area (Å²) in [6, 6.07) is 13.9. The largest absolute Gasteiger partial charge is 0.497 e. The third-order valence-electron chi connectivity index (χ3n) is 4.84. The summed E-state index contributed by atoms with van der Waals surface area (Å²) < 4.78 is 16.4. The van der Waals surface area contributed by atoms with Crippen molar-refractivity contribution in [3.8, 4) is 17.2 Å². The molecule has 0 unspecified atom stereocenters. The van der Waals surface area contributed by atoms with Crippen molar-refractivity contribution in [2.75, 3.05) is 41.0 Å². The van der Waals surface area contributed by atoms with E-state index in [-0.39, 0.29) is 11.9 Å². The SMILES string of the molecule is COc1cccc([C@@H](CNC(=O)CCc2ccc3c(c2)OCCO3)N(C)C)c1. The van der Waals surface area contributed by atoms with Crippen LogP contribution in [0.15, 0.2) is 42.5 Å². The average Bonchev–Trinajstić information content (AvgIpc) is 2.72. The Balaban J connectivity index is 1.53. The molecule has 3 rings (SSSR count). The maximum absolute atomic E-state index is 12.4. The number of ether oxygens (including phenoxy) is 3. The van der Waals surface area contributed by atoms with Gasteiger partial charge in [0.25, 0.3) is 0 Å². The summed E-state index contributed by atoms with van der Waals surface area (Å²) in [5, 5.41) is 3.06. The highest BCUT2D eigenvalue weighted by Gasteiger charge is 2.16. The molecule has 150 valence electrons. The molecule has 1 heterocycles. The molecule has 2 aromatic rings. The molecule has 1 amide bonds. The number of rotatable bonds is 8. The van der Waals surface area contributed by atoms with Crippen LogP contribution in [0.25, 0.3) is 0 Å². The van der Waals surface area contributed by atoms with Crippen molar-refractivity contribution in [2.24, 2.45) is 0 Å². The summed E-state index contributed by atoms with van der Waals surface area (Å²) >= 11 is 0. The van der Waals surface area contributed by atoms with E-state index in [1.165, 1.54) is 0 Å². The Morgan fingerprint density at radius 2 is 1.93 bits per heavy atom. The van der Waals surface area contributed by atoms with Gasteiger partial charge in [-0.2, -0.15) is 0 Å². The fraction of sp³-hybridized carbons (Fsp3) is 0.409. The number of nitrogens with zero attached hydrogens (tertiary/aromatic N) is 1. The van der Waals surface area contributed by atoms with E-state index in [0.29, 0.717) is 32.6 Å². The number of nitrogens with one attached hydrogen (secondary N) is 1. The third-order valence-corrected chi connectivity index (χ3v) is 4.84. The van der Waals surface area contributed by atoms with Crippen LogP contribution in [-0.4, -0.2) is 51.8 Å². The fourth-order valence-corrected chi connectivity index (χ4v) is 3.25. The molecule has 1 atom stereocenters. The van der Waals surface area contributed by atoms with Gasteiger partial charge in [0.2, 0.25) is 5.91 Å². The lowest BCUT2D eigenvalue weighted by molar-refractivity contribution is -0.121. The number of carbonyl (C=O) groups is 1. The van der Waals surface area contributed by atoms with Crippen molar-refractivity contribution in [1.29, 1.82) is 0 Å². The van der Waals surface area contributed by atoms with Crippen LogP contribution < -0.4 is 19.5 Å². The number of hydrogen-bond acceptors (Lipinski definition) is 5. The van der Waals surface area contributed by atoms with Gasteiger partial charge in [-0.1, -0.05) is 18.2 Å². The number of hydrogen-bond donors (Lipinski definition) is 1. The highest BCUT2D eigenvalue weighted by atomic mass is 16.6. The van der Waals surface area contributed by atoms with E-state index in [4.69, 9.17) is 14.2 Å². The normalized spacial score (nSPS) is 13.9. The summed E-state index contributed by atoms with van der Waals surface area (Å²) in [7, 11) is 5.67. The van der Waals surface area contributed by atoms with Gasteiger partial charge in [0.05, 0.1) is 13.2 Å². The lowest BCUT2D eigenvalue weighted by Gasteiger charge is -2.25. The average molecular weight is 384 g/mol. The second-order valence-corrected chi connectivity index (χ2v) is 7.04. The smallest absolute Gasteiger partial charge is 0.220 e. The molecule has 1 N–H and O–H groups in total. The monoisotopic (exact) mass is 384 g/mol. The second kappa shape index (κ2) is 9.46. The van der Waals surface area contributed by atoms with Crippen LogP contribution in [0.3, 0.4) is 0 Å². The summed E-state index contributed by atoms with van der Waals surface area (Å²) in [5.74, 6) is 2.38. The Hall–Kier alpha value is -2.73. The molecular weight excluding hydrogens is 356 g/mol. The van der Waals surface area contributed by atoms with Gasteiger partial charge in [-0.3, -0.25) is 4.79 Å². The van der Waals surface area contributed by atoms with E-state index in [1.54, 1.807) is 7.11 Å². The molecule has 0 fully saturated rings. The summed E-state index contributed by atoms with van der Waals surface area (Å²) in [6.07, 6.45) is 1.09. The number of methoxy groups -OCH3 is 1. The van der Waals surface area contributed by atoms with Gasteiger partial charge in [-0.25, -0.2) is 0 Å². The predicted octanol–water partition coefficient (Wildman–Crippen LogP) is 2.82. The quantitative estimate of drug-likeness (QED) is 0.758. The minimum Gasteiger partial charge on any atom is -0.497 e. The molecule has 0 saturated carbocycles. The van der Waals surface area contributed by atoms with Crippen LogP contribution >= 0.6 is 0 Å². The summed E-state index contributed by atoms with van der Waals surface area (Å²) in [6.45, 7) is 1.68. The van der Waals surface area contributed by atoms with E-state index >= 15 is 0 Å². The topological polar surface area (TPSA) is 60.0 Å². The Labute approximate surface area is 166 Å². The standard InChI is InChI=1S/C22H28N2O4/c1-24(2)19(17-5-4-6-18(14-17)26-3)15-23-22(25)10-8-16-7-9-20-21(13-16)28-12-11-27-20/h4-7,9,13-14,19H,8,10-12,15H2,1-3H3,(H,23,25)/t19-/m1/s1. The van der Waals surface area contributed by atoms with E-state index in [0.717, 1.165) is 28.4 Å². The number of amides is 1. The predicted molar refractivity (Wildman–Crippen MR) is 108 cm³/mol. The van der Waals surface area contributed by atoms with Gasteiger partial charge in [0, 0.05) is 13.0 Å². The number of fused-ring (bicyclic) bond motifs is 1. The van der Waals surface area contributed by atoms with Crippen molar-refractivity contribution in [3.05, 3.63) is 53.6 Å². The maximum Gasteiger partial charge on any atom is 0.220 e. The van der Waals surface area contributed by atoms with Crippen molar-refractivity contribution < 1.29 is 19.0 Å². The fourth-order valence-electron chi connectivity index (χ4n) is 3.25. The van der Waals surface area contributed by atoms with Crippen molar-refractivity contribution >= 4 is 5.91 Å². The van der Waals surface area contributed by atoms with Crippen LogP contribution in [-0.2, 0) is 11.2 Å². The maximum atomic E-state index is 12.4. The van der Waals surface area contributed by atoms with Crippen LogP contribution in [0.2, 0.25) is 0 Å². The van der Waals surface area contributed by atoms with Gasteiger partial charge in [0.1, 0.15) is 19.0 Å². The molecule has 0 saturated heterocycles. The highest BCUT2D eigenvalue weighted by Crippen LogP contribution is 2.31. The molecule has 0 aromatic heterocycles. The molecule has 1 aliphatic rings. The first-order chi connectivity index (χ1) is 13.6. The van der Waals surface area contributed by atoms with Crippen LogP contribution in [0, 0.1) is 0 Å². The third kappa shape index (κ3) is 5.16. The van der Waals surface area contributed by atoms with Crippen molar-refractivity contribution in [2.45, 2.75) is 18.9 Å². The highest BCUT2D eigenvalue weighted by molar-refractivity contribution is 5.76. The van der Waals surface area contributed by atoms with Crippen LogP contribution in [0.4, 0.5) is 0 Å². The molecule has 2 aromatic carbocycles. The van der Waals surface area contributed by atoms with Gasteiger partial charge in [0.15, 0.2) is 11.5 Å². The van der Waals surface area contributed by atoms with Crippen LogP contribution in [0.5, 0.6) is 17.2 Å². The lowest BCUT2D eigenvalue weighted by atomic mass is 10.1. The Morgan fingerprint density at radius 1 is 1.14 bits per heavy atom.